The van der Waals surface area contributed by atoms with Crippen LogP contribution in [0.4, 0.5) is 0 Å². The van der Waals surface area contributed by atoms with Crippen LogP contribution in [0.1, 0.15) is 11.1 Å². The summed E-state index contributed by atoms with van der Waals surface area (Å²) in [4.78, 5) is 8.11. The minimum Gasteiger partial charge on any atom is -0.493 e. The van der Waals surface area contributed by atoms with Gasteiger partial charge in [-0.3, -0.25) is 0 Å². The average Bonchev–Trinajstić information content (AvgIpc) is 2.73. The van der Waals surface area contributed by atoms with Crippen LogP contribution in [0.2, 0.25) is 0 Å². The number of hydrogen-bond donors (Lipinski definition) is 1. The van der Waals surface area contributed by atoms with E-state index in [0.29, 0.717) is 18.4 Å². The Bertz CT molecular complexity index is 885. The van der Waals surface area contributed by atoms with Gasteiger partial charge < -0.3 is 19.5 Å². The number of nitrogens with one attached hydrogen (secondary N) is 1. The minimum atomic E-state index is 0.262. The van der Waals surface area contributed by atoms with Crippen LogP contribution < -0.4 is 19.5 Å². The van der Waals surface area contributed by atoms with Gasteiger partial charge in [0, 0.05) is 25.0 Å². The molecule has 6 heteroatoms. The van der Waals surface area contributed by atoms with Crippen molar-refractivity contribution in [2.45, 2.75) is 19.0 Å². The maximum absolute atomic E-state index is 5.91. The Hall–Kier alpha value is -3.12. The molecule has 2 heterocycles. The van der Waals surface area contributed by atoms with Crippen molar-refractivity contribution >= 4 is 0 Å². The number of nitrogens with zero attached hydrogens (tertiary/aromatic N) is 2. The summed E-state index contributed by atoms with van der Waals surface area (Å²) in [5.41, 5.74) is 2.34. The molecule has 1 atom stereocenters. The molecule has 0 spiro atoms. The highest BCUT2D eigenvalue weighted by Gasteiger charge is 2.22. The molecular weight excluding hydrogens is 342 g/mol. The molecule has 0 aliphatic carbocycles. The first-order valence-electron chi connectivity index (χ1n) is 8.87. The van der Waals surface area contributed by atoms with Crippen molar-refractivity contribution in [3.8, 4) is 23.3 Å². The zero-order chi connectivity index (χ0) is 18.5. The zero-order valence-electron chi connectivity index (χ0n) is 15.1. The van der Waals surface area contributed by atoms with E-state index in [0.717, 1.165) is 24.5 Å². The smallest absolute Gasteiger partial charge is 0.321 e. The van der Waals surface area contributed by atoms with E-state index >= 15 is 0 Å². The lowest BCUT2D eigenvalue weighted by Gasteiger charge is -2.27. The first kappa shape index (κ1) is 17.3. The number of methoxy groups -OCH3 is 1. The van der Waals surface area contributed by atoms with E-state index in [9.17, 15) is 0 Å². The third kappa shape index (κ3) is 4.17. The SMILES string of the molecule is COc1cccc2c1OCC(NCc1ccc(Oc3ncccn3)cc1)C2. The Balaban J connectivity index is 1.33. The molecule has 2 aromatic carbocycles. The first-order valence-corrected chi connectivity index (χ1v) is 8.87. The van der Waals surface area contributed by atoms with Gasteiger partial charge in [0.05, 0.1) is 7.11 Å². The van der Waals surface area contributed by atoms with Crippen molar-refractivity contribution in [2.75, 3.05) is 13.7 Å². The fraction of sp³-hybridized carbons (Fsp3) is 0.238. The van der Waals surface area contributed by atoms with Crippen molar-refractivity contribution in [3.05, 3.63) is 72.1 Å². The van der Waals surface area contributed by atoms with Crippen molar-refractivity contribution in [2.24, 2.45) is 0 Å². The van der Waals surface area contributed by atoms with Gasteiger partial charge in [0.25, 0.3) is 0 Å². The van der Waals surface area contributed by atoms with E-state index in [1.807, 2.05) is 36.4 Å². The van der Waals surface area contributed by atoms with Crippen LogP contribution in [0.15, 0.2) is 60.9 Å². The van der Waals surface area contributed by atoms with Gasteiger partial charge in [-0.05, 0) is 41.8 Å². The van der Waals surface area contributed by atoms with E-state index in [2.05, 4.69) is 21.4 Å². The predicted octanol–water partition coefficient (Wildman–Crippen LogP) is 3.37. The van der Waals surface area contributed by atoms with Crippen LogP contribution in [0.25, 0.3) is 0 Å². The lowest BCUT2D eigenvalue weighted by molar-refractivity contribution is 0.226. The van der Waals surface area contributed by atoms with Gasteiger partial charge in [-0.1, -0.05) is 24.3 Å². The van der Waals surface area contributed by atoms with Gasteiger partial charge in [-0.25, -0.2) is 9.97 Å². The average molecular weight is 363 g/mol. The van der Waals surface area contributed by atoms with E-state index in [1.165, 1.54) is 11.1 Å². The number of benzene rings is 2. The van der Waals surface area contributed by atoms with Crippen LogP contribution in [0.5, 0.6) is 23.3 Å². The fourth-order valence-electron chi connectivity index (χ4n) is 3.07. The largest absolute Gasteiger partial charge is 0.493 e. The Morgan fingerprint density at radius 3 is 2.67 bits per heavy atom. The molecule has 0 bridgehead atoms. The highest BCUT2D eigenvalue weighted by atomic mass is 16.5. The van der Waals surface area contributed by atoms with Crippen molar-refractivity contribution in [1.29, 1.82) is 0 Å². The zero-order valence-corrected chi connectivity index (χ0v) is 15.1. The molecule has 138 valence electrons. The Morgan fingerprint density at radius 1 is 1.07 bits per heavy atom. The van der Waals surface area contributed by atoms with E-state index in [4.69, 9.17) is 14.2 Å². The van der Waals surface area contributed by atoms with E-state index in [-0.39, 0.29) is 6.04 Å². The normalized spacial score (nSPS) is 15.5. The molecule has 0 saturated carbocycles. The molecule has 1 N–H and O–H groups in total. The molecule has 0 saturated heterocycles. The Labute approximate surface area is 158 Å². The summed E-state index contributed by atoms with van der Waals surface area (Å²) in [6, 6.07) is 16.3. The lowest BCUT2D eigenvalue weighted by Crippen LogP contribution is -2.38. The Kier molecular flexibility index (Phi) is 5.16. The molecule has 0 amide bonds. The van der Waals surface area contributed by atoms with Gasteiger partial charge in [0.1, 0.15) is 12.4 Å². The monoisotopic (exact) mass is 363 g/mol. The van der Waals surface area contributed by atoms with Crippen LogP contribution >= 0.6 is 0 Å². The maximum atomic E-state index is 5.91. The third-order valence-electron chi connectivity index (χ3n) is 4.44. The summed E-state index contributed by atoms with van der Waals surface area (Å²) in [5, 5.41) is 3.55. The second-order valence-electron chi connectivity index (χ2n) is 6.32. The van der Waals surface area contributed by atoms with Gasteiger partial charge in [0.15, 0.2) is 11.5 Å². The van der Waals surface area contributed by atoms with Crippen LogP contribution in [0, 0.1) is 0 Å². The highest BCUT2D eigenvalue weighted by Crippen LogP contribution is 2.34. The van der Waals surface area contributed by atoms with E-state index < -0.39 is 0 Å². The third-order valence-corrected chi connectivity index (χ3v) is 4.44. The molecule has 1 aliphatic heterocycles. The second-order valence-corrected chi connectivity index (χ2v) is 6.32. The van der Waals surface area contributed by atoms with Gasteiger partial charge in [-0.2, -0.15) is 0 Å². The first-order chi connectivity index (χ1) is 13.3. The number of hydrogen-bond acceptors (Lipinski definition) is 6. The highest BCUT2D eigenvalue weighted by molar-refractivity contribution is 5.48. The van der Waals surface area contributed by atoms with Gasteiger partial charge in [-0.15, -0.1) is 0 Å². The number of aromatic nitrogens is 2. The minimum absolute atomic E-state index is 0.262. The van der Waals surface area contributed by atoms with Crippen LogP contribution in [0.3, 0.4) is 0 Å². The standard InChI is InChI=1S/C21H21N3O3/c1-25-19-5-2-4-16-12-17(14-26-20(16)19)24-13-15-6-8-18(9-7-15)27-21-22-10-3-11-23-21/h2-11,17,24H,12-14H2,1H3. The maximum Gasteiger partial charge on any atom is 0.321 e. The molecule has 1 unspecified atom stereocenters. The molecule has 0 radical (unpaired) electrons. The molecular formula is C21H21N3O3. The summed E-state index contributed by atoms with van der Waals surface area (Å²) in [7, 11) is 1.67. The molecule has 3 aromatic rings. The number of para-hydroxylation sites is 1. The second kappa shape index (κ2) is 8.05. The van der Waals surface area contributed by atoms with Gasteiger partial charge in [0.2, 0.25) is 0 Å². The quantitative estimate of drug-likeness (QED) is 0.724. The predicted molar refractivity (Wildman–Crippen MR) is 101 cm³/mol. The summed E-state index contributed by atoms with van der Waals surface area (Å²) in [5.74, 6) is 2.37. The Morgan fingerprint density at radius 2 is 1.89 bits per heavy atom. The molecule has 4 rings (SSSR count). The van der Waals surface area contributed by atoms with Crippen LogP contribution in [-0.4, -0.2) is 29.7 Å². The topological polar surface area (TPSA) is 65.5 Å². The summed E-state index contributed by atoms with van der Waals surface area (Å²) in [6.45, 7) is 1.38. The van der Waals surface area contributed by atoms with Crippen molar-refractivity contribution in [3.63, 3.8) is 0 Å². The van der Waals surface area contributed by atoms with Crippen molar-refractivity contribution < 1.29 is 14.2 Å². The van der Waals surface area contributed by atoms with Gasteiger partial charge >= 0.3 is 6.01 Å². The molecule has 0 fully saturated rings. The molecule has 1 aliphatic rings. The fourth-order valence-corrected chi connectivity index (χ4v) is 3.07. The lowest BCUT2D eigenvalue weighted by atomic mass is 10.0. The summed E-state index contributed by atoms with van der Waals surface area (Å²) in [6.07, 6.45) is 4.22. The van der Waals surface area contributed by atoms with Crippen molar-refractivity contribution in [1.82, 2.24) is 15.3 Å². The molecule has 1 aromatic heterocycles. The van der Waals surface area contributed by atoms with Crippen LogP contribution in [-0.2, 0) is 13.0 Å². The number of ether oxygens (including phenoxy) is 3. The number of rotatable bonds is 6. The number of fused-ring (bicyclic) bond motifs is 1. The van der Waals surface area contributed by atoms with E-state index in [1.54, 1.807) is 25.6 Å². The summed E-state index contributed by atoms with van der Waals surface area (Å²) >= 11 is 0. The molecule has 27 heavy (non-hydrogen) atoms. The summed E-state index contributed by atoms with van der Waals surface area (Å²) < 4.78 is 16.9. The molecule has 6 nitrogen and oxygen atoms in total.